The quantitative estimate of drug-likeness (QED) is 0.494. The maximum atomic E-state index is 12.8. The van der Waals surface area contributed by atoms with Crippen molar-refractivity contribution >= 4 is 5.97 Å². The zero-order chi connectivity index (χ0) is 16.6. The van der Waals surface area contributed by atoms with Crippen LogP contribution in [0.1, 0.15) is 26.2 Å². The zero-order valence-corrected chi connectivity index (χ0v) is 11.0. The molecule has 1 aliphatic carbocycles. The second-order valence-corrected chi connectivity index (χ2v) is 5.02. The Balaban J connectivity index is 3.13. The predicted molar refractivity (Wildman–Crippen MR) is 59.1 cm³/mol. The predicted octanol–water partition coefficient (Wildman–Crippen LogP) is 3.13. The van der Waals surface area contributed by atoms with Crippen LogP contribution in [0, 0.1) is 5.92 Å². The van der Waals surface area contributed by atoms with Crippen LogP contribution in [0.2, 0.25) is 0 Å². The summed E-state index contributed by atoms with van der Waals surface area (Å²) in [5, 5.41) is 9.34. The van der Waals surface area contributed by atoms with Crippen LogP contribution in [0.25, 0.3) is 0 Å². The molecule has 2 unspecified atom stereocenters. The number of aliphatic hydroxyl groups is 1. The van der Waals surface area contributed by atoms with Crippen molar-refractivity contribution in [3.63, 3.8) is 0 Å². The molecular weight excluding hydrogens is 306 g/mol. The molecule has 1 saturated carbocycles. The molecule has 1 aliphatic rings. The molecule has 0 saturated heterocycles. The van der Waals surface area contributed by atoms with Crippen LogP contribution in [-0.2, 0) is 9.53 Å². The first-order valence-electron chi connectivity index (χ1n) is 6.04. The molecule has 1 rings (SSSR count). The maximum Gasteiger partial charge on any atom is 0.426 e. The first kappa shape index (κ1) is 17.8. The van der Waals surface area contributed by atoms with Crippen LogP contribution in [-0.4, -0.2) is 35.1 Å². The van der Waals surface area contributed by atoms with E-state index < -0.39 is 42.4 Å². The van der Waals surface area contributed by atoms with Crippen LogP contribution < -0.4 is 0 Å². The molecule has 0 spiro atoms. The highest BCUT2D eigenvalue weighted by atomic mass is 19.4. The Bertz CT molecular complexity index is 412. The first-order valence-corrected chi connectivity index (χ1v) is 6.04. The molecule has 1 N–H and O–H groups in total. The van der Waals surface area contributed by atoms with E-state index in [0.29, 0.717) is 0 Å². The summed E-state index contributed by atoms with van der Waals surface area (Å²) in [6.07, 6.45) is -14.3. The number of alkyl halides is 6. The summed E-state index contributed by atoms with van der Waals surface area (Å²) in [5.41, 5.74) is -5.06. The number of esters is 1. The smallest absolute Gasteiger partial charge is 0.426 e. The fourth-order valence-corrected chi connectivity index (χ4v) is 2.36. The van der Waals surface area contributed by atoms with Gasteiger partial charge < -0.3 is 9.84 Å². The van der Waals surface area contributed by atoms with Gasteiger partial charge in [0.05, 0.1) is 0 Å². The Morgan fingerprint density at radius 1 is 1.14 bits per heavy atom. The van der Waals surface area contributed by atoms with Crippen molar-refractivity contribution in [1.82, 2.24) is 0 Å². The van der Waals surface area contributed by atoms with Gasteiger partial charge in [0.15, 0.2) is 0 Å². The second kappa shape index (κ2) is 5.51. The molecule has 3 nitrogen and oxygen atoms in total. The van der Waals surface area contributed by atoms with E-state index in [1.54, 1.807) is 0 Å². The third-order valence-electron chi connectivity index (χ3n) is 3.46. The average Bonchev–Trinajstić information content (AvgIpc) is 2.72. The van der Waals surface area contributed by atoms with Gasteiger partial charge in [-0.25, -0.2) is 4.79 Å². The number of ether oxygens (including phenoxy) is 1. The molecular formula is C12H14F6O3. The third kappa shape index (κ3) is 3.17. The lowest BCUT2D eigenvalue weighted by Gasteiger charge is -2.39. The van der Waals surface area contributed by atoms with Gasteiger partial charge in [0.1, 0.15) is 6.10 Å². The lowest BCUT2D eigenvalue weighted by atomic mass is 9.83. The lowest BCUT2D eigenvalue weighted by molar-refractivity contribution is -0.389. The number of carbonyl (C=O) groups is 1. The van der Waals surface area contributed by atoms with Crippen molar-refractivity contribution in [2.45, 2.75) is 50.2 Å². The zero-order valence-electron chi connectivity index (χ0n) is 11.0. The molecule has 0 bridgehead atoms. The Morgan fingerprint density at radius 3 is 2.00 bits per heavy atom. The average molecular weight is 320 g/mol. The molecule has 0 amide bonds. The van der Waals surface area contributed by atoms with Gasteiger partial charge in [-0.05, 0) is 26.2 Å². The van der Waals surface area contributed by atoms with Crippen molar-refractivity contribution in [1.29, 1.82) is 0 Å². The van der Waals surface area contributed by atoms with E-state index in [1.165, 1.54) is 6.92 Å². The van der Waals surface area contributed by atoms with Crippen molar-refractivity contribution in [3.8, 4) is 0 Å². The highest BCUT2D eigenvalue weighted by Crippen LogP contribution is 2.52. The molecule has 0 aliphatic heterocycles. The Labute approximate surface area is 116 Å². The van der Waals surface area contributed by atoms with Crippen molar-refractivity contribution < 1.29 is 41.0 Å². The lowest BCUT2D eigenvalue weighted by Crippen LogP contribution is -2.63. The fraction of sp³-hybridized carbons (Fsp3) is 0.750. The van der Waals surface area contributed by atoms with Crippen LogP contribution in [0.5, 0.6) is 0 Å². The summed E-state index contributed by atoms with van der Waals surface area (Å²) < 4.78 is 81.4. The van der Waals surface area contributed by atoms with E-state index in [-0.39, 0.29) is 18.4 Å². The number of halogens is 6. The monoisotopic (exact) mass is 320 g/mol. The number of hydrogen-bond donors (Lipinski definition) is 1. The molecule has 0 radical (unpaired) electrons. The molecule has 9 heteroatoms. The molecule has 0 heterocycles. The van der Waals surface area contributed by atoms with Gasteiger partial charge in [0.2, 0.25) is 0 Å². The minimum absolute atomic E-state index is 0.0206. The standard InChI is InChI=1S/C12H14F6O3/c1-6(2)9(19)21-8-5-3-4-7(8)10(20,11(13,14)15)12(16,17)18/h7-8,20H,1,3-5H2,2H3. The van der Waals surface area contributed by atoms with E-state index in [9.17, 15) is 36.2 Å². The molecule has 1 fully saturated rings. The Kier molecular flexibility index (Phi) is 4.67. The van der Waals surface area contributed by atoms with E-state index >= 15 is 0 Å². The molecule has 0 aromatic carbocycles. The minimum atomic E-state index is -5.92. The maximum absolute atomic E-state index is 12.8. The number of rotatable bonds is 3. The normalized spacial score (nSPS) is 24.0. The number of carbonyl (C=O) groups excluding carboxylic acids is 1. The molecule has 21 heavy (non-hydrogen) atoms. The summed E-state index contributed by atoms with van der Waals surface area (Å²) in [7, 11) is 0. The SMILES string of the molecule is C=C(C)C(=O)OC1CCCC1C(O)(C(F)(F)F)C(F)(F)F. The summed E-state index contributed by atoms with van der Waals surface area (Å²) in [6, 6.07) is 0. The highest BCUT2D eigenvalue weighted by Gasteiger charge is 2.75. The van der Waals surface area contributed by atoms with E-state index in [0.717, 1.165) is 0 Å². The van der Waals surface area contributed by atoms with Gasteiger partial charge in [0, 0.05) is 11.5 Å². The third-order valence-corrected chi connectivity index (χ3v) is 3.46. The van der Waals surface area contributed by atoms with Crippen LogP contribution >= 0.6 is 0 Å². The second-order valence-electron chi connectivity index (χ2n) is 5.02. The van der Waals surface area contributed by atoms with Crippen LogP contribution in [0.15, 0.2) is 12.2 Å². The number of hydrogen-bond acceptors (Lipinski definition) is 3. The minimum Gasteiger partial charge on any atom is -0.459 e. The van der Waals surface area contributed by atoms with Gasteiger partial charge in [-0.3, -0.25) is 0 Å². The van der Waals surface area contributed by atoms with Crippen LogP contribution in [0.4, 0.5) is 26.3 Å². The van der Waals surface area contributed by atoms with Gasteiger partial charge in [0.25, 0.3) is 5.60 Å². The summed E-state index contributed by atoms with van der Waals surface area (Å²) in [4.78, 5) is 11.3. The molecule has 122 valence electrons. The Morgan fingerprint density at radius 2 is 1.62 bits per heavy atom. The van der Waals surface area contributed by atoms with E-state index in [1.807, 2.05) is 0 Å². The van der Waals surface area contributed by atoms with Crippen molar-refractivity contribution in [2.75, 3.05) is 0 Å². The van der Waals surface area contributed by atoms with Crippen molar-refractivity contribution in [3.05, 3.63) is 12.2 Å². The molecule has 2 atom stereocenters. The van der Waals surface area contributed by atoms with Gasteiger partial charge >= 0.3 is 18.3 Å². The topological polar surface area (TPSA) is 46.5 Å². The largest absolute Gasteiger partial charge is 0.459 e. The van der Waals surface area contributed by atoms with Gasteiger partial charge in [-0.15, -0.1) is 0 Å². The van der Waals surface area contributed by atoms with Gasteiger partial charge in [-0.2, -0.15) is 26.3 Å². The van der Waals surface area contributed by atoms with Gasteiger partial charge in [-0.1, -0.05) is 6.58 Å². The van der Waals surface area contributed by atoms with E-state index in [2.05, 4.69) is 11.3 Å². The molecule has 0 aromatic heterocycles. The van der Waals surface area contributed by atoms with Crippen LogP contribution in [0.3, 0.4) is 0 Å². The Hall–Kier alpha value is -1.25. The summed E-state index contributed by atoms with van der Waals surface area (Å²) in [6.45, 7) is 4.41. The summed E-state index contributed by atoms with van der Waals surface area (Å²) >= 11 is 0. The molecule has 0 aromatic rings. The summed E-state index contributed by atoms with van der Waals surface area (Å²) in [5.74, 6) is -3.38. The van der Waals surface area contributed by atoms with E-state index in [4.69, 9.17) is 0 Å². The highest BCUT2D eigenvalue weighted by molar-refractivity contribution is 5.87. The first-order chi connectivity index (χ1) is 9.32. The fourth-order valence-electron chi connectivity index (χ4n) is 2.36. The van der Waals surface area contributed by atoms with Crippen molar-refractivity contribution in [2.24, 2.45) is 5.92 Å².